The lowest BCUT2D eigenvalue weighted by molar-refractivity contribution is -0.128. The number of alkyl carbamates (subject to hydrolysis) is 1. The average Bonchev–Trinajstić information content (AvgIpc) is 3.16. The van der Waals surface area contributed by atoms with Gasteiger partial charge in [0.2, 0.25) is 5.91 Å². The molecule has 0 unspecified atom stereocenters. The lowest BCUT2D eigenvalue weighted by atomic mass is 10.0. The van der Waals surface area contributed by atoms with E-state index in [1.165, 1.54) is 0 Å². The molecule has 1 saturated carbocycles. The molecule has 1 aromatic carbocycles. The van der Waals surface area contributed by atoms with Crippen LogP contribution >= 0.6 is 0 Å². The van der Waals surface area contributed by atoms with Crippen LogP contribution in [0.15, 0.2) is 30.3 Å². The fourth-order valence-electron chi connectivity index (χ4n) is 2.98. The van der Waals surface area contributed by atoms with Gasteiger partial charge in [0, 0.05) is 25.4 Å². The first-order valence-electron chi connectivity index (χ1n) is 7.32. The fourth-order valence-corrected chi connectivity index (χ4v) is 2.98. The maximum atomic E-state index is 11.9. The van der Waals surface area contributed by atoms with Crippen LogP contribution in [0.4, 0.5) is 4.79 Å². The maximum absolute atomic E-state index is 11.9. The Kier molecular flexibility index (Phi) is 3.57. The first-order valence-corrected chi connectivity index (χ1v) is 7.32. The summed E-state index contributed by atoms with van der Waals surface area (Å²) in [4.78, 5) is 25.2. The number of likely N-dealkylation sites (tertiary alicyclic amines) is 1. The van der Waals surface area contributed by atoms with Crippen LogP contribution < -0.4 is 5.32 Å². The summed E-state index contributed by atoms with van der Waals surface area (Å²) >= 11 is 0. The van der Waals surface area contributed by atoms with Crippen molar-refractivity contribution in [3.8, 4) is 0 Å². The number of rotatable bonds is 3. The number of carbonyl (C=O) groups excluding carboxylic acids is 2. The first-order chi connectivity index (χ1) is 10.1. The molecule has 1 heterocycles. The van der Waals surface area contributed by atoms with Gasteiger partial charge in [0.05, 0.1) is 6.04 Å². The van der Waals surface area contributed by atoms with E-state index >= 15 is 0 Å². The van der Waals surface area contributed by atoms with Crippen molar-refractivity contribution >= 4 is 12.0 Å². The molecule has 112 valence electrons. The molecule has 0 radical (unpaired) electrons. The van der Waals surface area contributed by atoms with E-state index in [9.17, 15) is 9.59 Å². The molecule has 1 atom stereocenters. The Morgan fingerprint density at radius 3 is 2.67 bits per heavy atom. The number of carbonyl (C=O) groups is 2. The smallest absolute Gasteiger partial charge is 0.407 e. The topological polar surface area (TPSA) is 58.6 Å². The lowest BCUT2D eigenvalue weighted by Gasteiger charge is -2.18. The molecule has 5 heteroatoms. The molecule has 0 bridgehead atoms. The molecular formula is C16H20N2O3. The molecule has 1 N–H and O–H groups in total. The number of nitrogens with zero attached hydrogens (tertiary/aromatic N) is 1. The molecule has 2 amide bonds. The van der Waals surface area contributed by atoms with E-state index in [0.717, 1.165) is 24.9 Å². The van der Waals surface area contributed by atoms with E-state index < -0.39 is 6.09 Å². The van der Waals surface area contributed by atoms with Gasteiger partial charge in [-0.05, 0) is 18.4 Å². The predicted octanol–water partition coefficient (Wildman–Crippen LogP) is 1.92. The second kappa shape index (κ2) is 5.39. The average molecular weight is 288 g/mol. The van der Waals surface area contributed by atoms with Gasteiger partial charge in [-0.2, -0.15) is 0 Å². The Bertz CT molecular complexity index is 540. The molecule has 1 aliphatic heterocycles. The van der Waals surface area contributed by atoms with E-state index in [2.05, 4.69) is 5.32 Å². The van der Waals surface area contributed by atoms with Gasteiger partial charge in [0.25, 0.3) is 0 Å². The summed E-state index contributed by atoms with van der Waals surface area (Å²) in [6, 6.07) is 9.61. The van der Waals surface area contributed by atoms with E-state index in [1.807, 2.05) is 35.2 Å². The van der Waals surface area contributed by atoms with Crippen molar-refractivity contribution in [3.63, 3.8) is 0 Å². The Balaban J connectivity index is 1.52. The van der Waals surface area contributed by atoms with Gasteiger partial charge in [0.15, 0.2) is 0 Å². The number of ether oxygens (including phenoxy) is 1. The highest BCUT2D eigenvalue weighted by Crippen LogP contribution is 2.52. The molecule has 2 aliphatic rings. The van der Waals surface area contributed by atoms with Gasteiger partial charge in [-0.3, -0.25) is 4.79 Å². The molecule has 1 aliphatic carbocycles. The zero-order chi connectivity index (χ0) is 14.9. The minimum absolute atomic E-state index is 0.0182. The van der Waals surface area contributed by atoms with Crippen LogP contribution in [-0.4, -0.2) is 36.0 Å². The van der Waals surface area contributed by atoms with Gasteiger partial charge in [0.1, 0.15) is 6.61 Å². The van der Waals surface area contributed by atoms with Gasteiger partial charge >= 0.3 is 6.09 Å². The summed E-state index contributed by atoms with van der Waals surface area (Å²) in [5.74, 6) is 0.0724. The number of hydrogen-bond acceptors (Lipinski definition) is 3. The van der Waals surface area contributed by atoms with Crippen molar-refractivity contribution in [2.45, 2.75) is 32.4 Å². The monoisotopic (exact) mass is 288 g/mol. The van der Waals surface area contributed by atoms with E-state index in [1.54, 1.807) is 6.92 Å². The highest BCUT2D eigenvalue weighted by Gasteiger charge is 2.56. The summed E-state index contributed by atoms with van der Waals surface area (Å²) < 4.78 is 5.25. The van der Waals surface area contributed by atoms with E-state index in [-0.39, 0.29) is 24.0 Å². The Hall–Kier alpha value is -2.04. The maximum Gasteiger partial charge on any atom is 0.407 e. The van der Waals surface area contributed by atoms with E-state index in [0.29, 0.717) is 6.54 Å². The van der Waals surface area contributed by atoms with Crippen LogP contribution in [0.25, 0.3) is 0 Å². The highest BCUT2D eigenvalue weighted by molar-refractivity contribution is 5.74. The minimum atomic E-state index is -0.402. The van der Waals surface area contributed by atoms with Crippen LogP contribution in [0.3, 0.4) is 0 Å². The lowest BCUT2D eigenvalue weighted by Crippen LogP contribution is -2.41. The van der Waals surface area contributed by atoms with Crippen molar-refractivity contribution < 1.29 is 14.3 Å². The molecule has 21 heavy (non-hydrogen) atoms. The van der Waals surface area contributed by atoms with Crippen LogP contribution in [0.2, 0.25) is 0 Å². The molecule has 1 saturated heterocycles. The van der Waals surface area contributed by atoms with Gasteiger partial charge in [-0.25, -0.2) is 4.79 Å². The fraction of sp³-hybridized carbons (Fsp3) is 0.500. The van der Waals surface area contributed by atoms with Crippen molar-refractivity contribution in [3.05, 3.63) is 35.9 Å². The quantitative estimate of drug-likeness (QED) is 0.924. The zero-order valence-corrected chi connectivity index (χ0v) is 12.2. The SMILES string of the molecule is CC(=O)N1C[C@@H](NC(=O)OCc2ccccc2)C2(CC2)C1. The number of hydrogen-bond donors (Lipinski definition) is 1. The molecular weight excluding hydrogens is 268 g/mol. The molecule has 1 aromatic rings. The largest absolute Gasteiger partial charge is 0.445 e. The van der Waals surface area contributed by atoms with Crippen molar-refractivity contribution in [1.29, 1.82) is 0 Å². The molecule has 1 spiro atoms. The first kappa shape index (κ1) is 13.9. The summed E-state index contributed by atoms with van der Waals surface area (Å²) in [6.07, 6.45) is 1.74. The van der Waals surface area contributed by atoms with Crippen molar-refractivity contribution in [2.24, 2.45) is 5.41 Å². The number of amides is 2. The van der Waals surface area contributed by atoms with Gasteiger partial charge < -0.3 is 15.0 Å². The third kappa shape index (κ3) is 3.01. The summed E-state index contributed by atoms with van der Waals surface area (Å²) in [6.45, 7) is 3.19. The minimum Gasteiger partial charge on any atom is -0.445 e. The second-order valence-corrected chi connectivity index (χ2v) is 6.02. The van der Waals surface area contributed by atoms with Crippen molar-refractivity contribution in [2.75, 3.05) is 13.1 Å². The van der Waals surface area contributed by atoms with Crippen molar-refractivity contribution in [1.82, 2.24) is 10.2 Å². The molecule has 0 aromatic heterocycles. The highest BCUT2D eigenvalue weighted by atomic mass is 16.5. The molecule has 3 rings (SSSR count). The van der Waals surface area contributed by atoms with E-state index in [4.69, 9.17) is 4.74 Å². The molecule has 5 nitrogen and oxygen atoms in total. The third-order valence-electron chi connectivity index (χ3n) is 4.49. The van der Waals surface area contributed by atoms with Crippen LogP contribution in [0.1, 0.15) is 25.3 Å². The van der Waals surface area contributed by atoms with Gasteiger partial charge in [-0.1, -0.05) is 30.3 Å². The summed E-state index contributed by atoms with van der Waals surface area (Å²) in [5, 5.41) is 2.93. The van der Waals surface area contributed by atoms with Gasteiger partial charge in [-0.15, -0.1) is 0 Å². The standard InChI is InChI=1S/C16H20N2O3/c1-12(19)18-9-14(16(11-18)7-8-16)17-15(20)21-10-13-5-3-2-4-6-13/h2-6,14H,7-11H2,1H3,(H,17,20)/t14-/m1/s1. The van der Waals surface area contributed by atoms with Crippen LogP contribution in [0, 0.1) is 5.41 Å². The number of benzene rings is 1. The number of nitrogens with one attached hydrogen (secondary N) is 1. The second-order valence-electron chi connectivity index (χ2n) is 6.02. The van der Waals surface area contributed by atoms with Crippen LogP contribution in [0.5, 0.6) is 0 Å². The summed E-state index contributed by atoms with van der Waals surface area (Å²) in [5.41, 5.74) is 1.06. The molecule has 2 fully saturated rings. The third-order valence-corrected chi connectivity index (χ3v) is 4.49. The summed E-state index contributed by atoms with van der Waals surface area (Å²) in [7, 11) is 0. The Morgan fingerprint density at radius 1 is 1.33 bits per heavy atom. The van der Waals surface area contributed by atoms with Crippen LogP contribution in [-0.2, 0) is 16.1 Å². The normalized spacial score (nSPS) is 22.1. The zero-order valence-electron chi connectivity index (χ0n) is 12.2. The predicted molar refractivity (Wildman–Crippen MR) is 77.5 cm³/mol. The Labute approximate surface area is 124 Å². The Morgan fingerprint density at radius 2 is 2.05 bits per heavy atom.